The lowest BCUT2D eigenvalue weighted by molar-refractivity contribution is -0.150. The predicted molar refractivity (Wildman–Crippen MR) is 112 cm³/mol. The molecule has 164 valence electrons. The lowest BCUT2D eigenvalue weighted by Gasteiger charge is -2.13. The molecule has 2 N–H and O–H groups in total. The van der Waals surface area contributed by atoms with E-state index in [1.54, 1.807) is 44.2 Å². The molecule has 9 heteroatoms. The molecule has 0 spiro atoms. The molecule has 1 atom stereocenters. The van der Waals surface area contributed by atoms with Crippen molar-refractivity contribution >= 4 is 24.0 Å². The number of carbonyl (C=O) groups is 3. The zero-order valence-corrected chi connectivity index (χ0v) is 17.3. The highest BCUT2D eigenvalue weighted by Gasteiger charge is 2.15. The van der Waals surface area contributed by atoms with Gasteiger partial charge in [0.1, 0.15) is 11.6 Å². The Balaban J connectivity index is 1.73. The molecule has 2 rings (SSSR count). The van der Waals surface area contributed by atoms with Crippen molar-refractivity contribution in [3.63, 3.8) is 0 Å². The maximum Gasteiger partial charge on any atom is 0.347 e. The number of hydrazone groups is 1. The number of hydrogen-bond donors (Lipinski definition) is 2. The van der Waals surface area contributed by atoms with E-state index in [-0.39, 0.29) is 25.1 Å². The van der Waals surface area contributed by atoms with Crippen LogP contribution in [0.3, 0.4) is 0 Å². The second-order valence-electron chi connectivity index (χ2n) is 6.36. The SMILES string of the molecule is CCOC(=O)C(C)Oc1ccc(C=NNC(=O)CCNC(=O)c2ccccc2F)cc1. The molecule has 0 aliphatic heterocycles. The normalized spacial score (nSPS) is 11.6. The summed E-state index contributed by atoms with van der Waals surface area (Å²) >= 11 is 0. The minimum Gasteiger partial charge on any atom is -0.479 e. The molecular formula is C22H24FN3O5. The van der Waals surface area contributed by atoms with Gasteiger partial charge in [-0.15, -0.1) is 0 Å². The fourth-order valence-electron chi connectivity index (χ4n) is 2.41. The highest BCUT2D eigenvalue weighted by atomic mass is 19.1. The number of carbonyl (C=O) groups excluding carboxylic acids is 3. The van der Waals surface area contributed by atoms with E-state index in [1.165, 1.54) is 24.4 Å². The molecule has 0 saturated carbocycles. The Morgan fingerprint density at radius 1 is 1.13 bits per heavy atom. The first-order valence-corrected chi connectivity index (χ1v) is 9.68. The Labute approximate surface area is 179 Å². The Hall–Kier alpha value is -3.75. The number of nitrogens with zero attached hydrogens (tertiary/aromatic N) is 1. The van der Waals surface area contributed by atoms with Crippen molar-refractivity contribution in [2.24, 2.45) is 5.10 Å². The molecule has 0 aliphatic carbocycles. The van der Waals surface area contributed by atoms with Crippen molar-refractivity contribution in [2.75, 3.05) is 13.2 Å². The van der Waals surface area contributed by atoms with E-state index < -0.39 is 29.7 Å². The third-order valence-electron chi connectivity index (χ3n) is 3.97. The Morgan fingerprint density at radius 2 is 1.84 bits per heavy atom. The summed E-state index contributed by atoms with van der Waals surface area (Å²) in [6.45, 7) is 3.64. The van der Waals surface area contributed by atoms with Gasteiger partial charge in [0, 0.05) is 13.0 Å². The predicted octanol–water partition coefficient (Wildman–Crippen LogP) is 2.43. The molecular weight excluding hydrogens is 405 g/mol. The molecule has 8 nitrogen and oxygen atoms in total. The van der Waals surface area contributed by atoms with Gasteiger partial charge >= 0.3 is 5.97 Å². The number of rotatable bonds is 10. The summed E-state index contributed by atoms with van der Waals surface area (Å²) in [7, 11) is 0. The molecule has 0 aliphatic rings. The van der Waals surface area contributed by atoms with Gasteiger partial charge in [-0.3, -0.25) is 9.59 Å². The number of esters is 1. The van der Waals surface area contributed by atoms with Crippen LogP contribution in [0, 0.1) is 5.82 Å². The summed E-state index contributed by atoms with van der Waals surface area (Å²) in [5.74, 6) is -1.57. The molecule has 2 amide bonds. The molecule has 0 saturated heterocycles. The highest BCUT2D eigenvalue weighted by molar-refractivity contribution is 5.94. The molecule has 2 aromatic rings. The molecule has 0 aromatic heterocycles. The van der Waals surface area contributed by atoms with Crippen molar-refractivity contribution in [3.05, 3.63) is 65.5 Å². The summed E-state index contributed by atoms with van der Waals surface area (Å²) < 4.78 is 23.9. The Morgan fingerprint density at radius 3 is 2.52 bits per heavy atom. The van der Waals surface area contributed by atoms with Crippen LogP contribution in [0.1, 0.15) is 36.2 Å². The van der Waals surface area contributed by atoms with Crippen LogP contribution in [0.5, 0.6) is 5.75 Å². The fourth-order valence-corrected chi connectivity index (χ4v) is 2.41. The summed E-state index contributed by atoms with van der Waals surface area (Å²) in [4.78, 5) is 35.2. The van der Waals surface area contributed by atoms with Gasteiger partial charge in [0.2, 0.25) is 5.91 Å². The zero-order chi connectivity index (χ0) is 22.6. The summed E-state index contributed by atoms with van der Waals surface area (Å²) in [5.41, 5.74) is 2.96. The van der Waals surface area contributed by atoms with Crippen LogP contribution in [0.25, 0.3) is 0 Å². The van der Waals surface area contributed by atoms with Crippen molar-refractivity contribution in [2.45, 2.75) is 26.4 Å². The average Bonchev–Trinajstić information content (AvgIpc) is 2.75. The maximum absolute atomic E-state index is 13.5. The molecule has 0 bridgehead atoms. The maximum atomic E-state index is 13.5. The van der Waals surface area contributed by atoms with E-state index in [9.17, 15) is 18.8 Å². The van der Waals surface area contributed by atoms with Crippen molar-refractivity contribution in [1.82, 2.24) is 10.7 Å². The largest absolute Gasteiger partial charge is 0.479 e. The van der Waals surface area contributed by atoms with Crippen LogP contribution in [-0.2, 0) is 14.3 Å². The summed E-state index contributed by atoms with van der Waals surface area (Å²) in [6.07, 6.45) is 0.697. The molecule has 0 fully saturated rings. The second-order valence-corrected chi connectivity index (χ2v) is 6.36. The van der Waals surface area contributed by atoms with Crippen molar-refractivity contribution in [1.29, 1.82) is 0 Å². The van der Waals surface area contributed by atoms with Gasteiger partial charge in [-0.25, -0.2) is 14.6 Å². The quantitative estimate of drug-likeness (QED) is 0.343. The highest BCUT2D eigenvalue weighted by Crippen LogP contribution is 2.13. The fraction of sp³-hybridized carbons (Fsp3) is 0.273. The van der Waals surface area contributed by atoms with Gasteiger partial charge in [-0.1, -0.05) is 12.1 Å². The third-order valence-corrected chi connectivity index (χ3v) is 3.97. The monoisotopic (exact) mass is 429 g/mol. The minimum absolute atomic E-state index is 0.0178. The molecule has 31 heavy (non-hydrogen) atoms. The van der Waals surface area contributed by atoms with Crippen LogP contribution < -0.4 is 15.5 Å². The zero-order valence-electron chi connectivity index (χ0n) is 17.3. The smallest absolute Gasteiger partial charge is 0.347 e. The van der Waals surface area contributed by atoms with E-state index in [0.29, 0.717) is 11.3 Å². The first-order chi connectivity index (χ1) is 14.9. The number of hydrogen-bond acceptors (Lipinski definition) is 6. The number of amides is 2. The van der Waals surface area contributed by atoms with Gasteiger partial charge < -0.3 is 14.8 Å². The van der Waals surface area contributed by atoms with Gasteiger partial charge in [0.15, 0.2) is 6.10 Å². The number of ether oxygens (including phenoxy) is 2. The topological polar surface area (TPSA) is 106 Å². The van der Waals surface area contributed by atoms with Crippen LogP contribution in [0.4, 0.5) is 4.39 Å². The van der Waals surface area contributed by atoms with E-state index in [1.807, 2.05) is 0 Å². The van der Waals surface area contributed by atoms with Crippen molar-refractivity contribution < 1.29 is 28.2 Å². The van der Waals surface area contributed by atoms with Crippen molar-refractivity contribution in [3.8, 4) is 5.75 Å². The van der Waals surface area contributed by atoms with E-state index in [2.05, 4.69) is 15.8 Å². The average molecular weight is 429 g/mol. The van der Waals surface area contributed by atoms with Crippen LogP contribution in [0.15, 0.2) is 53.6 Å². The Kier molecular flexibility index (Phi) is 9.15. The molecule has 0 radical (unpaired) electrons. The lowest BCUT2D eigenvalue weighted by atomic mass is 10.2. The van der Waals surface area contributed by atoms with E-state index in [4.69, 9.17) is 9.47 Å². The third kappa shape index (κ3) is 7.88. The van der Waals surface area contributed by atoms with Gasteiger partial charge in [-0.2, -0.15) is 5.10 Å². The van der Waals surface area contributed by atoms with E-state index >= 15 is 0 Å². The lowest BCUT2D eigenvalue weighted by Crippen LogP contribution is -2.29. The first-order valence-electron chi connectivity index (χ1n) is 9.68. The van der Waals surface area contributed by atoms with E-state index in [0.717, 1.165) is 0 Å². The summed E-state index contributed by atoms with van der Waals surface area (Å²) in [6, 6.07) is 12.3. The summed E-state index contributed by atoms with van der Waals surface area (Å²) in [5, 5.41) is 6.32. The van der Waals surface area contributed by atoms with Gasteiger partial charge in [-0.05, 0) is 55.8 Å². The second kappa shape index (κ2) is 12.1. The number of halogens is 1. The number of benzene rings is 2. The van der Waals surface area contributed by atoms with Crippen LogP contribution in [-0.4, -0.2) is 43.3 Å². The minimum atomic E-state index is -0.724. The molecule has 2 aromatic carbocycles. The molecule has 1 unspecified atom stereocenters. The van der Waals surface area contributed by atoms with Crippen LogP contribution in [0.2, 0.25) is 0 Å². The Bertz CT molecular complexity index is 931. The number of nitrogens with one attached hydrogen (secondary N) is 2. The van der Waals surface area contributed by atoms with Gasteiger partial charge in [0.25, 0.3) is 5.91 Å². The van der Waals surface area contributed by atoms with Gasteiger partial charge in [0.05, 0.1) is 18.4 Å². The molecule has 0 heterocycles. The first kappa shape index (κ1) is 23.5. The standard InChI is InChI=1S/C22H24FN3O5/c1-3-30-22(29)15(2)31-17-10-8-16(9-11-17)14-25-26-20(27)12-13-24-21(28)18-6-4-5-7-19(18)23/h4-11,14-15H,3,12-13H2,1-2H3,(H,24,28)(H,26,27). The van der Waals surface area contributed by atoms with Crippen LogP contribution >= 0.6 is 0 Å².